The van der Waals surface area contributed by atoms with E-state index < -0.39 is 0 Å². The van der Waals surface area contributed by atoms with Gasteiger partial charge in [-0.15, -0.1) is 0 Å². The summed E-state index contributed by atoms with van der Waals surface area (Å²) in [6, 6.07) is 0. The van der Waals surface area contributed by atoms with Crippen molar-refractivity contribution in [3.05, 3.63) is 22.2 Å². The van der Waals surface area contributed by atoms with Crippen molar-refractivity contribution in [2.24, 2.45) is 0 Å². The van der Waals surface area contributed by atoms with Crippen molar-refractivity contribution >= 4 is 20.3 Å². The molecule has 0 spiro atoms. The van der Waals surface area contributed by atoms with Gasteiger partial charge in [0.15, 0.2) is 0 Å². The summed E-state index contributed by atoms with van der Waals surface area (Å²) < 4.78 is 3.28. The van der Waals surface area contributed by atoms with Crippen molar-refractivity contribution in [1.29, 1.82) is 0 Å². The van der Waals surface area contributed by atoms with E-state index in [4.69, 9.17) is 0 Å². The molecule has 0 radical (unpaired) electrons. The van der Waals surface area contributed by atoms with Crippen molar-refractivity contribution in [3.8, 4) is 0 Å². The van der Waals surface area contributed by atoms with Crippen molar-refractivity contribution < 1.29 is 19.4 Å². The molecule has 0 aromatic carbocycles. The first kappa shape index (κ1) is 9.52. The average molecular weight is 357 g/mol. The molecule has 0 aromatic rings. The molecular formula is C7H9BrW. The van der Waals surface area contributed by atoms with Gasteiger partial charge in [0.25, 0.3) is 0 Å². The molecule has 0 fully saturated rings. The van der Waals surface area contributed by atoms with Gasteiger partial charge in [-0.25, -0.2) is 0 Å². The topological polar surface area (TPSA) is 0 Å². The molecule has 0 heterocycles. The van der Waals surface area contributed by atoms with Gasteiger partial charge in [-0.2, -0.15) is 0 Å². The summed E-state index contributed by atoms with van der Waals surface area (Å²) in [5, 5.41) is 0. The molecule has 0 amide bonds. The first-order chi connectivity index (χ1) is 4.20. The van der Waals surface area contributed by atoms with Crippen LogP contribution in [0, 0.1) is 0 Å². The third-order valence-corrected chi connectivity index (χ3v) is 3.50. The zero-order chi connectivity index (χ0) is 7.28. The van der Waals surface area contributed by atoms with Crippen molar-refractivity contribution in [2.75, 3.05) is 0 Å². The summed E-state index contributed by atoms with van der Waals surface area (Å²) in [5.74, 6) is 0. The van der Waals surface area contributed by atoms with E-state index in [0.717, 1.165) is 0 Å². The van der Waals surface area contributed by atoms with Crippen LogP contribution in [0.1, 0.15) is 13.8 Å². The molecule has 0 nitrogen and oxygen atoms in total. The Balaban J connectivity index is 4.11. The number of allylic oxidation sites excluding steroid dienone is 4. The Hall–Kier alpha value is 0.518. The van der Waals surface area contributed by atoms with Gasteiger partial charge in [-0.1, -0.05) is 0 Å². The van der Waals surface area contributed by atoms with Crippen LogP contribution in [-0.2, 0) is 19.4 Å². The predicted octanol–water partition coefficient (Wildman–Crippen LogP) is 2.58. The van der Waals surface area contributed by atoms with Gasteiger partial charge in [-0.3, -0.25) is 0 Å². The second kappa shape index (κ2) is 5.31. The van der Waals surface area contributed by atoms with Crippen LogP contribution in [-0.4, -0.2) is 4.40 Å². The van der Waals surface area contributed by atoms with Crippen LogP contribution in [0.2, 0.25) is 0 Å². The Kier molecular flexibility index (Phi) is 5.62. The quantitative estimate of drug-likeness (QED) is 0.667. The van der Waals surface area contributed by atoms with Crippen LogP contribution in [0.3, 0.4) is 0 Å². The fourth-order valence-corrected chi connectivity index (χ4v) is 0.940. The fourth-order valence-electron chi connectivity index (χ4n) is 0.335. The Morgan fingerprint density at radius 3 is 2.44 bits per heavy atom. The number of halogens is 1. The summed E-state index contributed by atoms with van der Waals surface area (Å²) in [5.41, 5.74) is 1.29. The molecule has 0 aliphatic carbocycles. The molecule has 0 saturated carbocycles. The van der Waals surface area contributed by atoms with E-state index in [2.05, 4.69) is 39.4 Å². The van der Waals surface area contributed by atoms with Crippen LogP contribution in [0.15, 0.2) is 22.2 Å². The molecule has 0 aromatic heterocycles. The number of hydrogen-bond donors (Lipinski definition) is 0. The van der Waals surface area contributed by atoms with Gasteiger partial charge in [0.1, 0.15) is 0 Å². The minimum atomic E-state index is 1.17. The van der Waals surface area contributed by atoms with Crippen molar-refractivity contribution in [3.63, 3.8) is 0 Å². The number of hydrogen-bond acceptors (Lipinski definition) is 0. The van der Waals surface area contributed by atoms with Gasteiger partial charge in [0.2, 0.25) is 0 Å². The van der Waals surface area contributed by atoms with Crippen LogP contribution < -0.4 is 0 Å². The molecule has 0 unspecified atom stereocenters. The third kappa shape index (κ3) is 4.99. The molecule has 0 atom stereocenters. The predicted molar refractivity (Wildman–Crippen MR) is 42.5 cm³/mol. The van der Waals surface area contributed by atoms with Gasteiger partial charge < -0.3 is 0 Å². The summed E-state index contributed by atoms with van der Waals surface area (Å²) in [7, 11) is 0. The zero-order valence-electron chi connectivity index (χ0n) is 5.52. The molecule has 50 valence electrons. The molecule has 0 aliphatic heterocycles. The van der Waals surface area contributed by atoms with E-state index in [1.807, 2.05) is 6.92 Å². The Morgan fingerprint density at radius 1 is 1.56 bits per heavy atom. The molecule has 0 saturated heterocycles. The van der Waals surface area contributed by atoms with E-state index >= 15 is 0 Å². The van der Waals surface area contributed by atoms with Crippen molar-refractivity contribution in [2.45, 2.75) is 13.8 Å². The third-order valence-electron chi connectivity index (χ3n) is 0.933. The monoisotopic (exact) mass is 356 g/mol. The van der Waals surface area contributed by atoms with Crippen LogP contribution in [0.5, 0.6) is 0 Å². The molecule has 0 rings (SSSR count). The Labute approximate surface area is 75.6 Å². The van der Waals surface area contributed by atoms with Gasteiger partial charge >= 0.3 is 75.7 Å². The number of rotatable bonds is 2. The first-order valence-corrected chi connectivity index (χ1v) is 5.14. The molecule has 2 heteroatoms. The van der Waals surface area contributed by atoms with Gasteiger partial charge in [-0.05, 0) is 0 Å². The second-order valence-corrected chi connectivity index (χ2v) is 3.44. The van der Waals surface area contributed by atoms with Crippen molar-refractivity contribution in [1.82, 2.24) is 0 Å². The standard InChI is InChI=1S/C7H9Br.W/c1-4-6(2)5-7(3)8;/h3-5H,1-2H3;/b6-4?,7-5+;. The van der Waals surface area contributed by atoms with E-state index in [0.29, 0.717) is 0 Å². The van der Waals surface area contributed by atoms with Crippen LogP contribution in [0.4, 0.5) is 0 Å². The van der Waals surface area contributed by atoms with E-state index in [-0.39, 0.29) is 0 Å². The maximum atomic E-state index is 3.40. The summed E-state index contributed by atoms with van der Waals surface area (Å²) in [6.07, 6.45) is 4.19. The summed E-state index contributed by atoms with van der Waals surface area (Å²) in [6.45, 7) is 4.12. The fraction of sp³-hybridized carbons (Fsp3) is 0.286. The second-order valence-electron chi connectivity index (χ2n) is 1.68. The Bertz CT molecular complexity index is 156. The molecule has 0 N–H and O–H groups in total. The molecular weight excluding hydrogens is 348 g/mol. The van der Waals surface area contributed by atoms with E-state index in [9.17, 15) is 0 Å². The molecule has 0 bridgehead atoms. The van der Waals surface area contributed by atoms with Gasteiger partial charge in [0.05, 0.1) is 0 Å². The normalized spacial score (nSPS) is 13.7. The first-order valence-electron chi connectivity index (χ1n) is 2.66. The summed E-state index contributed by atoms with van der Waals surface area (Å²) in [4.78, 5) is 0. The Morgan fingerprint density at radius 2 is 2.11 bits per heavy atom. The molecule has 0 aliphatic rings. The molecule has 9 heavy (non-hydrogen) atoms. The maximum absolute atomic E-state index is 3.40. The SMILES string of the molecule is CC=C(C)/C=C(/Br)[CH]=[W]. The minimum absolute atomic E-state index is 1.17. The van der Waals surface area contributed by atoms with E-state index in [1.165, 1.54) is 29.4 Å². The van der Waals surface area contributed by atoms with E-state index in [1.54, 1.807) is 0 Å². The van der Waals surface area contributed by atoms with Crippen LogP contribution >= 0.6 is 15.9 Å². The summed E-state index contributed by atoms with van der Waals surface area (Å²) >= 11 is 4.87. The van der Waals surface area contributed by atoms with Crippen LogP contribution in [0.25, 0.3) is 0 Å². The average Bonchev–Trinajstić information content (AvgIpc) is 1.87. The van der Waals surface area contributed by atoms with Gasteiger partial charge in [0, 0.05) is 0 Å². The zero-order valence-corrected chi connectivity index (χ0v) is 10.0.